The van der Waals surface area contributed by atoms with Crippen LogP contribution >= 0.6 is 0 Å². The van der Waals surface area contributed by atoms with E-state index in [1.54, 1.807) is 14.2 Å². The number of nitrogens with one attached hydrogen (secondary N) is 1. The van der Waals surface area contributed by atoms with Crippen LogP contribution in [0.3, 0.4) is 0 Å². The van der Waals surface area contributed by atoms with Crippen LogP contribution in [0.1, 0.15) is 31.3 Å². The van der Waals surface area contributed by atoms with Crippen molar-refractivity contribution in [3.63, 3.8) is 0 Å². The minimum absolute atomic E-state index is 0.107. The summed E-state index contributed by atoms with van der Waals surface area (Å²) in [5.74, 6) is 2.72. The maximum Gasteiger partial charge on any atom is 0.123 e. The highest BCUT2D eigenvalue weighted by molar-refractivity contribution is 5.75. The summed E-state index contributed by atoms with van der Waals surface area (Å²) in [5.41, 5.74) is 3.28. The molecule has 5 nitrogen and oxygen atoms in total. The second kappa shape index (κ2) is 7.57. The Kier molecular flexibility index (Phi) is 5.24. The van der Waals surface area contributed by atoms with E-state index < -0.39 is 0 Å². The summed E-state index contributed by atoms with van der Waals surface area (Å²) in [6.45, 7) is 5.85. The van der Waals surface area contributed by atoms with Crippen molar-refractivity contribution >= 4 is 11.0 Å². The summed E-state index contributed by atoms with van der Waals surface area (Å²) in [6.07, 6.45) is 0. The predicted octanol–water partition coefficient (Wildman–Crippen LogP) is 3.92. The molecule has 0 saturated heterocycles. The van der Waals surface area contributed by atoms with Crippen molar-refractivity contribution < 1.29 is 9.47 Å². The van der Waals surface area contributed by atoms with E-state index in [0.29, 0.717) is 6.54 Å². The molecule has 0 aliphatic carbocycles. The number of hydrogen-bond acceptors (Lipinski definition) is 4. The molecule has 0 fully saturated rings. The highest BCUT2D eigenvalue weighted by Gasteiger charge is 2.15. The number of imidazole rings is 1. The molecule has 0 saturated carbocycles. The molecule has 5 heteroatoms. The number of nitrogens with zero attached hydrogens (tertiary/aromatic N) is 2. The van der Waals surface area contributed by atoms with E-state index in [0.717, 1.165) is 34.9 Å². The van der Waals surface area contributed by atoms with E-state index in [1.165, 1.54) is 5.52 Å². The van der Waals surface area contributed by atoms with Crippen molar-refractivity contribution in [2.24, 2.45) is 0 Å². The van der Waals surface area contributed by atoms with Gasteiger partial charge >= 0.3 is 0 Å². The van der Waals surface area contributed by atoms with Crippen molar-refractivity contribution in [1.29, 1.82) is 0 Å². The van der Waals surface area contributed by atoms with Crippen LogP contribution in [0.2, 0.25) is 0 Å². The lowest BCUT2D eigenvalue weighted by Gasteiger charge is -2.18. The Hall–Kier alpha value is -2.53. The van der Waals surface area contributed by atoms with Gasteiger partial charge in [-0.3, -0.25) is 0 Å². The number of fused-ring (bicyclic) bond motifs is 1. The largest absolute Gasteiger partial charge is 0.497 e. The Morgan fingerprint density at radius 2 is 1.92 bits per heavy atom. The van der Waals surface area contributed by atoms with Crippen LogP contribution in [0.25, 0.3) is 11.0 Å². The molecule has 1 atom stereocenters. The van der Waals surface area contributed by atoms with Gasteiger partial charge in [0, 0.05) is 18.2 Å². The number of ether oxygens (including phenoxy) is 2. The third kappa shape index (κ3) is 3.46. The number of hydrogen-bond donors (Lipinski definition) is 1. The van der Waals surface area contributed by atoms with Gasteiger partial charge in [-0.1, -0.05) is 12.1 Å². The summed E-state index contributed by atoms with van der Waals surface area (Å²) in [5, 5.41) is 3.56. The number of aryl methyl sites for hydroxylation is 1. The Morgan fingerprint density at radius 3 is 2.64 bits per heavy atom. The van der Waals surface area contributed by atoms with Crippen LogP contribution in [0.4, 0.5) is 0 Å². The zero-order valence-corrected chi connectivity index (χ0v) is 15.2. The fraction of sp³-hybridized carbons (Fsp3) is 0.350. The quantitative estimate of drug-likeness (QED) is 0.709. The van der Waals surface area contributed by atoms with Gasteiger partial charge in [0.15, 0.2) is 0 Å². The van der Waals surface area contributed by atoms with E-state index in [1.807, 2.05) is 24.3 Å². The van der Waals surface area contributed by atoms with Gasteiger partial charge in [-0.05, 0) is 44.2 Å². The molecule has 2 aromatic carbocycles. The van der Waals surface area contributed by atoms with Crippen molar-refractivity contribution in [3.8, 4) is 11.5 Å². The lowest BCUT2D eigenvalue weighted by Crippen LogP contribution is -2.21. The van der Waals surface area contributed by atoms with Crippen molar-refractivity contribution in [2.45, 2.75) is 33.0 Å². The fourth-order valence-electron chi connectivity index (χ4n) is 3.15. The summed E-state index contributed by atoms with van der Waals surface area (Å²) < 4.78 is 13.1. The first-order chi connectivity index (χ1) is 12.2. The van der Waals surface area contributed by atoms with Crippen molar-refractivity contribution in [2.75, 3.05) is 14.2 Å². The average Bonchev–Trinajstić information content (AvgIpc) is 3.02. The molecule has 3 rings (SSSR count). The number of rotatable bonds is 7. The molecular weight excluding hydrogens is 314 g/mol. The standard InChI is InChI=1S/C20H25N3O2/c1-5-23-18-9-7-6-8-17(18)22-20(23)13-21-14(2)16-12-15(24-3)10-11-19(16)25-4/h6-12,14,21H,5,13H2,1-4H3/t14-/m1/s1. The number of benzene rings is 2. The molecule has 0 unspecified atom stereocenters. The van der Waals surface area contributed by atoms with Gasteiger partial charge in [0.25, 0.3) is 0 Å². The second-order valence-electron chi connectivity index (χ2n) is 5.97. The summed E-state index contributed by atoms with van der Waals surface area (Å²) in [4.78, 5) is 4.77. The van der Waals surface area contributed by atoms with E-state index in [-0.39, 0.29) is 6.04 Å². The van der Waals surface area contributed by atoms with Gasteiger partial charge < -0.3 is 19.4 Å². The maximum atomic E-state index is 5.49. The molecule has 25 heavy (non-hydrogen) atoms. The monoisotopic (exact) mass is 339 g/mol. The van der Waals surface area contributed by atoms with Gasteiger partial charge in [0.05, 0.1) is 31.8 Å². The van der Waals surface area contributed by atoms with Crippen LogP contribution in [-0.2, 0) is 13.1 Å². The molecule has 0 aliphatic rings. The van der Waals surface area contributed by atoms with E-state index in [4.69, 9.17) is 14.5 Å². The van der Waals surface area contributed by atoms with Crippen molar-refractivity contribution in [1.82, 2.24) is 14.9 Å². The third-order valence-corrected chi connectivity index (χ3v) is 4.52. The maximum absolute atomic E-state index is 5.49. The van der Waals surface area contributed by atoms with Crippen LogP contribution in [0.5, 0.6) is 11.5 Å². The number of para-hydroxylation sites is 2. The highest BCUT2D eigenvalue weighted by Crippen LogP contribution is 2.29. The van der Waals surface area contributed by atoms with E-state index in [2.05, 4.69) is 41.9 Å². The number of methoxy groups -OCH3 is 2. The lowest BCUT2D eigenvalue weighted by molar-refractivity contribution is 0.391. The molecule has 0 radical (unpaired) electrons. The minimum atomic E-state index is 0.107. The van der Waals surface area contributed by atoms with E-state index in [9.17, 15) is 0 Å². The van der Waals surface area contributed by atoms with Crippen LogP contribution in [0, 0.1) is 0 Å². The highest BCUT2D eigenvalue weighted by atomic mass is 16.5. The Labute approximate surface area is 148 Å². The van der Waals surface area contributed by atoms with Crippen LogP contribution in [0.15, 0.2) is 42.5 Å². The second-order valence-corrected chi connectivity index (χ2v) is 5.97. The minimum Gasteiger partial charge on any atom is -0.497 e. The van der Waals surface area contributed by atoms with Gasteiger partial charge in [0.2, 0.25) is 0 Å². The molecular formula is C20H25N3O2. The zero-order valence-electron chi connectivity index (χ0n) is 15.2. The first-order valence-electron chi connectivity index (χ1n) is 8.57. The van der Waals surface area contributed by atoms with Gasteiger partial charge in [0.1, 0.15) is 17.3 Å². The Balaban J connectivity index is 1.82. The molecule has 0 bridgehead atoms. The predicted molar refractivity (Wildman–Crippen MR) is 100 cm³/mol. The van der Waals surface area contributed by atoms with Gasteiger partial charge in [-0.2, -0.15) is 0 Å². The van der Waals surface area contributed by atoms with E-state index >= 15 is 0 Å². The van der Waals surface area contributed by atoms with Crippen LogP contribution < -0.4 is 14.8 Å². The molecule has 0 spiro atoms. The first-order valence-corrected chi connectivity index (χ1v) is 8.57. The summed E-state index contributed by atoms with van der Waals surface area (Å²) in [7, 11) is 3.36. The smallest absolute Gasteiger partial charge is 0.123 e. The molecule has 0 aliphatic heterocycles. The number of aromatic nitrogens is 2. The molecule has 1 heterocycles. The Morgan fingerprint density at radius 1 is 1.12 bits per heavy atom. The first kappa shape index (κ1) is 17.3. The van der Waals surface area contributed by atoms with Gasteiger partial charge in [-0.15, -0.1) is 0 Å². The van der Waals surface area contributed by atoms with Crippen LogP contribution in [-0.4, -0.2) is 23.8 Å². The summed E-state index contributed by atoms with van der Waals surface area (Å²) >= 11 is 0. The molecule has 132 valence electrons. The zero-order chi connectivity index (χ0) is 17.8. The molecule has 1 N–H and O–H groups in total. The fourth-order valence-corrected chi connectivity index (χ4v) is 3.15. The molecule has 0 amide bonds. The molecule has 3 aromatic rings. The normalized spacial score (nSPS) is 12.3. The van der Waals surface area contributed by atoms with Crippen molar-refractivity contribution in [3.05, 3.63) is 53.9 Å². The van der Waals surface area contributed by atoms with Gasteiger partial charge in [-0.25, -0.2) is 4.98 Å². The third-order valence-electron chi connectivity index (χ3n) is 4.52. The Bertz CT molecular complexity index is 857. The lowest BCUT2D eigenvalue weighted by atomic mass is 10.1. The summed E-state index contributed by atoms with van der Waals surface area (Å²) in [6, 6.07) is 14.2. The average molecular weight is 339 g/mol. The molecule has 1 aromatic heterocycles. The topological polar surface area (TPSA) is 48.3 Å². The SMILES string of the molecule is CCn1c(CN[C@H](C)c2cc(OC)ccc2OC)nc2ccccc21.